The third-order valence-electron chi connectivity index (χ3n) is 3.43. The van der Waals surface area contributed by atoms with E-state index in [4.69, 9.17) is 21.0 Å². The fourth-order valence-electron chi connectivity index (χ4n) is 2.09. The van der Waals surface area contributed by atoms with Crippen molar-refractivity contribution >= 4 is 0 Å². The van der Waals surface area contributed by atoms with Crippen LogP contribution in [0, 0.1) is 0 Å². The van der Waals surface area contributed by atoms with Crippen LogP contribution in [0.2, 0.25) is 0 Å². The maximum absolute atomic E-state index is 8.70. The monoisotopic (exact) mass is 300 g/mol. The van der Waals surface area contributed by atoms with Crippen molar-refractivity contribution < 1.29 is 40.6 Å². The van der Waals surface area contributed by atoms with Crippen LogP contribution in [0.5, 0.6) is 0 Å². The van der Waals surface area contributed by atoms with Gasteiger partial charge in [-0.25, -0.2) is 21.0 Å². The Kier molecular flexibility index (Phi) is 5.04. The standard InChI is InChI=1S/C13H16O8/c14-18-12(19-15)5-1-10(2-6-12)9-11-3-7-13(20-16,21-17)8-4-11/h1-5,7,14-17H,6,8-9H2. The fraction of sp³-hybridized carbons (Fsp3) is 0.385. The van der Waals surface area contributed by atoms with Gasteiger partial charge >= 0.3 is 0 Å². The van der Waals surface area contributed by atoms with Crippen LogP contribution in [-0.2, 0) is 19.6 Å². The van der Waals surface area contributed by atoms with Crippen molar-refractivity contribution in [3.05, 3.63) is 47.6 Å². The molecule has 0 aromatic rings. The van der Waals surface area contributed by atoms with Gasteiger partial charge < -0.3 is 0 Å². The summed E-state index contributed by atoms with van der Waals surface area (Å²) in [5, 5.41) is 34.8. The Labute approximate surface area is 120 Å². The molecule has 0 heterocycles. The Morgan fingerprint density at radius 3 is 1.38 bits per heavy atom. The Bertz CT molecular complexity index is 438. The van der Waals surface area contributed by atoms with Gasteiger partial charge in [0.25, 0.3) is 11.6 Å². The van der Waals surface area contributed by atoms with Gasteiger partial charge in [0, 0.05) is 12.8 Å². The molecular formula is C13H16O8. The quantitative estimate of drug-likeness (QED) is 0.336. The topological polar surface area (TPSA) is 118 Å². The van der Waals surface area contributed by atoms with Gasteiger partial charge in [-0.3, -0.25) is 0 Å². The highest BCUT2D eigenvalue weighted by Crippen LogP contribution is 2.31. The molecule has 8 heteroatoms. The molecule has 0 aromatic carbocycles. The van der Waals surface area contributed by atoms with E-state index in [9.17, 15) is 0 Å². The van der Waals surface area contributed by atoms with Crippen LogP contribution in [0.3, 0.4) is 0 Å². The Hall–Kier alpha value is -1.36. The zero-order chi connectivity index (χ0) is 15.3. The molecule has 0 radical (unpaired) electrons. The van der Waals surface area contributed by atoms with Crippen LogP contribution in [0.1, 0.15) is 19.3 Å². The lowest BCUT2D eigenvalue weighted by Gasteiger charge is -2.26. The highest BCUT2D eigenvalue weighted by molar-refractivity contribution is 5.36. The van der Waals surface area contributed by atoms with Gasteiger partial charge in [0.05, 0.1) is 0 Å². The highest BCUT2D eigenvalue weighted by atomic mass is 17.2. The van der Waals surface area contributed by atoms with Crippen molar-refractivity contribution in [1.82, 2.24) is 0 Å². The smallest absolute Gasteiger partial charge is 0.248 e. The minimum Gasteiger partial charge on any atom is -0.248 e. The lowest BCUT2D eigenvalue weighted by molar-refractivity contribution is -0.467. The molecule has 21 heavy (non-hydrogen) atoms. The van der Waals surface area contributed by atoms with Gasteiger partial charge in [0.15, 0.2) is 0 Å². The number of allylic oxidation sites excluding steroid dienone is 4. The zero-order valence-electron chi connectivity index (χ0n) is 11.0. The van der Waals surface area contributed by atoms with Gasteiger partial charge in [-0.1, -0.05) is 24.3 Å². The molecule has 0 saturated heterocycles. The van der Waals surface area contributed by atoms with Gasteiger partial charge in [-0.05, 0) is 29.7 Å². The predicted octanol–water partition coefficient (Wildman–Crippen LogP) is 2.50. The van der Waals surface area contributed by atoms with E-state index in [-0.39, 0.29) is 12.8 Å². The number of hydrogen-bond donors (Lipinski definition) is 4. The van der Waals surface area contributed by atoms with Crippen LogP contribution in [0.25, 0.3) is 0 Å². The third kappa shape index (κ3) is 3.46. The van der Waals surface area contributed by atoms with Crippen molar-refractivity contribution in [3.8, 4) is 0 Å². The van der Waals surface area contributed by atoms with E-state index >= 15 is 0 Å². The number of hydrogen-bond acceptors (Lipinski definition) is 8. The van der Waals surface area contributed by atoms with Crippen LogP contribution >= 0.6 is 0 Å². The Morgan fingerprint density at radius 1 is 0.762 bits per heavy atom. The molecular weight excluding hydrogens is 284 g/mol. The van der Waals surface area contributed by atoms with Crippen molar-refractivity contribution in [2.45, 2.75) is 30.8 Å². The normalized spacial score (nSPS) is 22.9. The van der Waals surface area contributed by atoms with Gasteiger partial charge in [0.2, 0.25) is 0 Å². The first-order chi connectivity index (χ1) is 10.1. The summed E-state index contributed by atoms with van der Waals surface area (Å²) in [7, 11) is 0. The summed E-state index contributed by atoms with van der Waals surface area (Å²) in [5.74, 6) is -3.13. The summed E-state index contributed by atoms with van der Waals surface area (Å²) >= 11 is 0. The molecule has 2 aliphatic carbocycles. The molecule has 0 unspecified atom stereocenters. The van der Waals surface area contributed by atoms with Crippen LogP contribution in [0.15, 0.2) is 47.6 Å². The highest BCUT2D eigenvalue weighted by Gasteiger charge is 2.33. The van der Waals surface area contributed by atoms with E-state index in [1.54, 1.807) is 24.3 Å². The largest absolute Gasteiger partial charge is 0.255 e. The van der Waals surface area contributed by atoms with E-state index in [1.807, 2.05) is 0 Å². The van der Waals surface area contributed by atoms with Crippen molar-refractivity contribution in [2.24, 2.45) is 0 Å². The zero-order valence-corrected chi connectivity index (χ0v) is 11.0. The van der Waals surface area contributed by atoms with E-state index in [2.05, 4.69) is 19.6 Å². The SMILES string of the molecule is OOC1(OO)C=CC(CC2=CCC(OO)(OO)C=C2)=CC1. The molecule has 2 rings (SSSR count). The third-order valence-corrected chi connectivity index (χ3v) is 3.43. The Balaban J connectivity index is 1.97. The summed E-state index contributed by atoms with van der Waals surface area (Å²) < 4.78 is 0. The molecule has 0 atom stereocenters. The minimum absolute atomic E-state index is 0.145. The van der Waals surface area contributed by atoms with Crippen LogP contribution in [0.4, 0.5) is 0 Å². The maximum atomic E-state index is 8.70. The lowest BCUT2D eigenvalue weighted by atomic mass is 9.93. The van der Waals surface area contributed by atoms with Gasteiger partial charge in [0.1, 0.15) is 0 Å². The summed E-state index contributed by atoms with van der Waals surface area (Å²) in [6, 6.07) is 0. The summed E-state index contributed by atoms with van der Waals surface area (Å²) in [5.41, 5.74) is 1.83. The second kappa shape index (κ2) is 6.60. The van der Waals surface area contributed by atoms with E-state index < -0.39 is 11.6 Å². The Morgan fingerprint density at radius 2 is 1.14 bits per heavy atom. The molecule has 116 valence electrons. The first kappa shape index (κ1) is 16.0. The van der Waals surface area contributed by atoms with Gasteiger partial charge in [-0.15, -0.1) is 0 Å². The second-order valence-electron chi connectivity index (χ2n) is 4.80. The van der Waals surface area contributed by atoms with Crippen molar-refractivity contribution in [1.29, 1.82) is 0 Å². The molecule has 0 aliphatic heterocycles. The van der Waals surface area contributed by atoms with E-state index in [0.29, 0.717) is 6.42 Å². The van der Waals surface area contributed by atoms with Crippen LogP contribution in [-0.4, -0.2) is 32.6 Å². The van der Waals surface area contributed by atoms with Gasteiger partial charge in [-0.2, -0.15) is 19.6 Å². The molecule has 2 aliphatic rings. The second-order valence-corrected chi connectivity index (χ2v) is 4.80. The summed E-state index contributed by atoms with van der Waals surface area (Å²) in [6.45, 7) is 0. The molecule has 0 saturated carbocycles. The van der Waals surface area contributed by atoms with Crippen LogP contribution < -0.4 is 0 Å². The maximum Gasteiger partial charge on any atom is 0.255 e. The molecule has 4 N–H and O–H groups in total. The lowest BCUT2D eigenvalue weighted by Crippen LogP contribution is -2.33. The molecule has 0 aromatic heterocycles. The molecule has 0 bridgehead atoms. The molecule has 8 nitrogen and oxygen atoms in total. The number of rotatable bonds is 6. The predicted molar refractivity (Wildman–Crippen MR) is 68.6 cm³/mol. The van der Waals surface area contributed by atoms with E-state index in [0.717, 1.165) is 11.1 Å². The average Bonchev–Trinajstić information content (AvgIpc) is 2.57. The fourth-order valence-corrected chi connectivity index (χ4v) is 2.09. The summed E-state index contributed by atoms with van der Waals surface area (Å²) in [4.78, 5) is 16.4. The van der Waals surface area contributed by atoms with Crippen molar-refractivity contribution in [3.63, 3.8) is 0 Å². The minimum atomic E-state index is -1.56. The van der Waals surface area contributed by atoms with E-state index in [1.165, 1.54) is 12.2 Å². The molecule has 0 amide bonds. The first-order valence-corrected chi connectivity index (χ1v) is 6.18. The molecule has 0 spiro atoms. The molecule has 0 fully saturated rings. The van der Waals surface area contributed by atoms with Crippen molar-refractivity contribution in [2.75, 3.05) is 0 Å². The first-order valence-electron chi connectivity index (χ1n) is 6.18. The summed E-state index contributed by atoms with van der Waals surface area (Å²) in [6.07, 6.45) is 10.4. The average molecular weight is 300 g/mol.